The van der Waals surface area contributed by atoms with Crippen molar-refractivity contribution in [2.75, 3.05) is 33.2 Å². The number of carbonyl (C=O) groups excluding carboxylic acids is 2. The number of amidine groups is 1. The zero-order valence-corrected chi connectivity index (χ0v) is 22.1. The van der Waals surface area contributed by atoms with Crippen molar-refractivity contribution in [2.24, 2.45) is 4.99 Å². The third-order valence-electron chi connectivity index (χ3n) is 5.91. The number of benzene rings is 3. The molecule has 1 fully saturated rings. The van der Waals surface area contributed by atoms with E-state index < -0.39 is 11.1 Å². The zero-order valence-electron chi connectivity index (χ0n) is 21.3. The Kier molecular flexibility index (Phi) is 8.85. The fourth-order valence-corrected chi connectivity index (χ4v) is 4.99. The molecule has 1 atom stereocenters. The number of carbonyl (C=O) groups is 2. The van der Waals surface area contributed by atoms with Gasteiger partial charge in [-0.3, -0.25) is 14.5 Å². The number of anilines is 1. The highest BCUT2D eigenvalue weighted by molar-refractivity contribution is 8.15. The van der Waals surface area contributed by atoms with Gasteiger partial charge in [0.05, 0.1) is 27.0 Å². The van der Waals surface area contributed by atoms with Crippen molar-refractivity contribution in [3.8, 4) is 17.2 Å². The van der Waals surface area contributed by atoms with Gasteiger partial charge in [0.1, 0.15) is 16.8 Å². The lowest BCUT2D eigenvalue weighted by molar-refractivity contribution is -0.129. The predicted molar refractivity (Wildman–Crippen MR) is 146 cm³/mol. The highest BCUT2D eigenvalue weighted by atomic mass is 32.2. The van der Waals surface area contributed by atoms with Gasteiger partial charge in [0.25, 0.3) is 0 Å². The van der Waals surface area contributed by atoms with E-state index in [9.17, 15) is 14.0 Å². The normalized spacial score (nSPS) is 16.3. The predicted octanol–water partition coefficient (Wildman–Crippen LogP) is 5.05. The number of hydrogen-bond acceptors (Lipinski definition) is 7. The number of ether oxygens (including phenoxy) is 3. The van der Waals surface area contributed by atoms with E-state index >= 15 is 0 Å². The molecule has 198 valence electrons. The Bertz CT molecular complexity index is 1320. The average Bonchev–Trinajstić information content (AvgIpc) is 2.93. The number of aliphatic imine (C=N–C) groups is 1. The van der Waals surface area contributed by atoms with Gasteiger partial charge < -0.3 is 19.5 Å². The van der Waals surface area contributed by atoms with E-state index in [0.717, 1.165) is 5.56 Å². The second kappa shape index (κ2) is 12.5. The summed E-state index contributed by atoms with van der Waals surface area (Å²) in [5.74, 6) is 0.951. The van der Waals surface area contributed by atoms with Gasteiger partial charge in [0, 0.05) is 18.7 Å². The zero-order chi connectivity index (χ0) is 27.1. The molecule has 1 aliphatic rings. The maximum Gasteiger partial charge on any atom is 0.238 e. The third kappa shape index (κ3) is 6.63. The molecule has 0 aliphatic carbocycles. The summed E-state index contributed by atoms with van der Waals surface area (Å²) in [6.45, 7) is 0.364. The SMILES string of the molecule is COc1ccc(N=C2S[C@@H](C(=O)Nc3ccc(F)cc3)CC(=O)N2CCc2ccc(OC)c(OC)c2)cc1. The van der Waals surface area contributed by atoms with Crippen LogP contribution in [-0.2, 0) is 16.0 Å². The minimum absolute atomic E-state index is 0.00522. The lowest BCUT2D eigenvalue weighted by Crippen LogP contribution is -2.46. The standard InChI is InChI=1S/C28H28FN3O5S/c1-35-22-11-9-21(10-12-22)31-28-32(15-14-18-4-13-23(36-2)24(16-18)37-3)26(33)17-25(38-28)27(34)30-20-7-5-19(29)6-8-20/h4-13,16,25H,14-15,17H2,1-3H3,(H,30,34)/t25-/m1/s1. The molecule has 4 rings (SSSR count). The number of halogens is 1. The Morgan fingerprint density at radius 1 is 1.00 bits per heavy atom. The average molecular weight is 538 g/mol. The number of methoxy groups -OCH3 is 3. The van der Waals surface area contributed by atoms with E-state index in [2.05, 4.69) is 5.32 Å². The largest absolute Gasteiger partial charge is 0.497 e. The molecule has 0 saturated carbocycles. The smallest absolute Gasteiger partial charge is 0.238 e. The van der Waals surface area contributed by atoms with Crippen LogP contribution in [0.1, 0.15) is 12.0 Å². The number of hydrogen-bond donors (Lipinski definition) is 1. The van der Waals surface area contributed by atoms with E-state index in [4.69, 9.17) is 19.2 Å². The third-order valence-corrected chi connectivity index (χ3v) is 7.10. The van der Waals surface area contributed by atoms with Crippen molar-refractivity contribution >= 4 is 40.1 Å². The molecule has 0 bridgehead atoms. The van der Waals surface area contributed by atoms with Crippen molar-refractivity contribution in [3.63, 3.8) is 0 Å². The second-order valence-electron chi connectivity index (χ2n) is 8.38. The van der Waals surface area contributed by atoms with Crippen LogP contribution in [0.25, 0.3) is 0 Å². The molecule has 1 aliphatic heterocycles. The summed E-state index contributed by atoms with van der Waals surface area (Å²) in [5, 5.41) is 2.49. The summed E-state index contributed by atoms with van der Waals surface area (Å²) >= 11 is 1.22. The lowest BCUT2D eigenvalue weighted by Gasteiger charge is -2.32. The molecule has 2 amide bonds. The van der Waals surface area contributed by atoms with Crippen molar-refractivity contribution < 1.29 is 28.2 Å². The highest BCUT2D eigenvalue weighted by Gasteiger charge is 2.36. The van der Waals surface area contributed by atoms with E-state index in [0.29, 0.717) is 46.8 Å². The minimum Gasteiger partial charge on any atom is -0.497 e. The molecule has 1 saturated heterocycles. The van der Waals surface area contributed by atoms with Gasteiger partial charge in [0.15, 0.2) is 16.7 Å². The first-order valence-electron chi connectivity index (χ1n) is 11.9. The first kappa shape index (κ1) is 27.0. The summed E-state index contributed by atoms with van der Waals surface area (Å²) < 4.78 is 29.2. The Morgan fingerprint density at radius 3 is 2.37 bits per heavy atom. The van der Waals surface area contributed by atoms with Crippen molar-refractivity contribution in [2.45, 2.75) is 18.1 Å². The lowest BCUT2D eigenvalue weighted by atomic mass is 10.1. The summed E-state index contributed by atoms with van der Waals surface area (Å²) in [5.41, 5.74) is 2.03. The summed E-state index contributed by atoms with van der Waals surface area (Å²) in [6.07, 6.45) is 0.548. The molecular weight excluding hydrogens is 509 g/mol. The fraction of sp³-hybridized carbons (Fsp3) is 0.250. The van der Waals surface area contributed by atoms with E-state index in [-0.39, 0.29) is 18.2 Å². The van der Waals surface area contributed by atoms with Crippen LogP contribution in [-0.4, -0.2) is 55.0 Å². The van der Waals surface area contributed by atoms with E-state index in [1.165, 1.54) is 36.0 Å². The number of thioether (sulfide) groups is 1. The molecule has 0 spiro atoms. The second-order valence-corrected chi connectivity index (χ2v) is 9.55. The van der Waals surface area contributed by atoms with Gasteiger partial charge in [-0.2, -0.15) is 0 Å². The van der Waals surface area contributed by atoms with Crippen LogP contribution >= 0.6 is 11.8 Å². The molecule has 1 heterocycles. The molecule has 0 unspecified atom stereocenters. The van der Waals surface area contributed by atoms with Gasteiger partial charge >= 0.3 is 0 Å². The molecule has 0 radical (unpaired) electrons. The highest BCUT2D eigenvalue weighted by Crippen LogP contribution is 2.32. The van der Waals surface area contributed by atoms with Gasteiger partial charge in [-0.25, -0.2) is 9.38 Å². The van der Waals surface area contributed by atoms with E-state index in [1.54, 1.807) is 50.5 Å². The number of nitrogens with zero attached hydrogens (tertiary/aromatic N) is 2. The van der Waals surface area contributed by atoms with Crippen LogP contribution in [0.4, 0.5) is 15.8 Å². The molecule has 0 aromatic heterocycles. The van der Waals surface area contributed by atoms with Gasteiger partial charge in [0.2, 0.25) is 11.8 Å². The number of amides is 2. The fourth-order valence-electron chi connectivity index (χ4n) is 3.86. The van der Waals surface area contributed by atoms with Crippen molar-refractivity contribution in [1.82, 2.24) is 4.90 Å². The van der Waals surface area contributed by atoms with Gasteiger partial charge in [-0.05, 0) is 72.6 Å². The monoisotopic (exact) mass is 537 g/mol. The first-order chi connectivity index (χ1) is 18.4. The quantitative estimate of drug-likeness (QED) is 0.411. The Balaban J connectivity index is 1.55. The molecule has 1 N–H and O–H groups in total. The summed E-state index contributed by atoms with van der Waals surface area (Å²) in [6, 6.07) is 18.2. The molecule has 8 nitrogen and oxygen atoms in total. The van der Waals surface area contributed by atoms with Crippen LogP contribution in [0.3, 0.4) is 0 Å². The molecule has 38 heavy (non-hydrogen) atoms. The first-order valence-corrected chi connectivity index (χ1v) is 12.7. The van der Waals surface area contributed by atoms with Crippen LogP contribution in [0.5, 0.6) is 17.2 Å². The topological polar surface area (TPSA) is 89.5 Å². The van der Waals surface area contributed by atoms with Crippen LogP contribution < -0.4 is 19.5 Å². The van der Waals surface area contributed by atoms with Crippen molar-refractivity contribution in [3.05, 3.63) is 78.1 Å². The maximum absolute atomic E-state index is 13.3. The molecular formula is C28H28FN3O5S. The minimum atomic E-state index is -0.693. The number of nitrogens with one attached hydrogen (secondary N) is 1. The van der Waals surface area contributed by atoms with Crippen molar-refractivity contribution in [1.29, 1.82) is 0 Å². The van der Waals surface area contributed by atoms with Crippen LogP contribution in [0.15, 0.2) is 71.7 Å². The summed E-state index contributed by atoms with van der Waals surface area (Å²) in [7, 11) is 4.73. The molecule has 3 aromatic rings. The number of rotatable bonds is 9. The van der Waals surface area contributed by atoms with Crippen LogP contribution in [0.2, 0.25) is 0 Å². The van der Waals surface area contributed by atoms with Crippen LogP contribution in [0, 0.1) is 5.82 Å². The molecule has 3 aromatic carbocycles. The Labute approximate surface area is 224 Å². The Hall–Kier alpha value is -4.05. The molecule has 10 heteroatoms. The maximum atomic E-state index is 13.3. The summed E-state index contributed by atoms with van der Waals surface area (Å²) in [4.78, 5) is 32.6. The van der Waals surface area contributed by atoms with Gasteiger partial charge in [-0.15, -0.1) is 0 Å². The Morgan fingerprint density at radius 2 is 1.71 bits per heavy atom. The van der Waals surface area contributed by atoms with Gasteiger partial charge in [-0.1, -0.05) is 17.8 Å². The van der Waals surface area contributed by atoms with E-state index in [1.807, 2.05) is 18.2 Å².